The van der Waals surface area contributed by atoms with Crippen molar-refractivity contribution in [3.05, 3.63) is 22.4 Å². The van der Waals surface area contributed by atoms with E-state index in [4.69, 9.17) is 0 Å². The van der Waals surface area contributed by atoms with Crippen LogP contribution in [0.15, 0.2) is 17.5 Å². The second-order valence-corrected chi connectivity index (χ2v) is 6.55. The van der Waals surface area contributed by atoms with Crippen LogP contribution in [0.5, 0.6) is 0 Å². The van der Waals surface area contributed by atoms with Gasteiger partial charge in [0, 0.05) is 17.0 Å². The molecule has 16 heavy (non-hydrogen) atoms. The van der Waals surface area contributed by atoms with E-state index in [9.17, 15) is 0 Å². The van der Waals surface area contributed by atoms with Gasteiger partial charge in [-0.2, -0.15) is 11.8 Å². The third-order valence-corrected chi connectivity index (χ3v) is 4.33. The van der Waals surface area contributed by atoms with Crippen molar-refractivity contribution in [2.24, 2.45) is 5.92 Å². The maximum atomic E-state index is 3.75. The summed E-state index contributed by atoms with van der Waals surface area (Å²) in [6, 6.07) is 5.49. The zero-order chi connectivity index (χ0) is 12.0. The molecular formula is C13H23NS2. The van der Waals surface area contributed by atoms with Gasteiger partial charge in [-0.25, -0.2) is 0 Å². The number of hydrogen-bond acceptors (Lipinski definition) is 3. The van der Waals surface area contributed by atoms with Crippen LogP contribution >= 0.6 is 23.1 Å². The van der Waals surface area contributed by atoms with Crippen LogP contribution in [0.1, 0.15) is 38.1 Å². The van der Waals surface area contributed by atoms with Gasteiger partial charge in [0.05, 0.1) is 0 Å². The maximum absolute atomic E-state index is 3.75. The lowest BCUT2D eigenvalue weighted by Gasteiger charge is -2.25. The highest BCUT2D eigenvalue weighted by molar-refractivity contribution is 7.98. The number of thiophene rings is 1. The smallest absolute Gasteiger partial charge is 0.0440 e. The summed E-state index contributed by atoms with van der Waals surface area (Å²) in [5.41, 5.74) is 0. The van der Waals surface area contributed by atoms with Gasteiger partial charge in [0.15, 0.2) is 0 Å². The lowest BCUT2D eigenvalue weighted by molar-refractivity contribution is 0.370. The molecule has 1 aromatic rings. The molecule has 3 heteroatoms. The Balaban J connectivity index is 2.52. The molecule has 0 aliphatic carbocycles. The third-order valence-electron chi connectivity index (χ3n) is 2.74. The summed E-state index contributed by atoms with van der Waals surface area (Å²) in [5, 5.41) is 5.92. The average molecular weight is 257 g/mol. The van der Waals surface area contributed by atoms with Crippen LogP contribution in [0.4, 0.5) is 0 Å². The van der Waals surface area contributed by atoms with Crippen molar-refractivity contribution < 1.29 is 0 Å². The van der Waals surface area contributed by atoms with E-state index in [0.29, 0.717) is 18.0 Å². The van der Waals surface area contributed by atoms with Gasteiger partial charge >= 0.3 is 0 Å². The summed E-state index contributed by atoms with van der Waals surface area (Å²) in [7, 11) is 0. The van der Waals surface area contributed by atoms with Crippen LogP contribution in [0.2, 0.25) is 0 Å². The van der Waals surface area contributed by atoms with E-state index in [2.05, 4.69) is 49.9 Å². The normalized spacial score (nSPS) is 15.3. The minimum Gasteiger partial charge on any atom is -0.306 e. The van der Waals surface area contributed by atoms with Crippen molar-refractivity contribution in [3.8, 4) is 0 Å². The molecule has 1 nitrogen and oxygen atoms in total. The zero-order valence-corrected chi connectivity index (χ0v) is 12.3. The highest BCUT2D eigenvalue weighted by atomic mass is 32.2. The molecule has 0 fully saturated rings. The Labute approximate surface area is 108 Å². The van der Waals surface area contributed by atoms with Crippen molar-refractivity contribution in [3.63, 3.8) is 0 Å². The quantitative estimate of drug-likeness (QED) is 0.786. The van der Waals surface area contributed by atoms with Gasteiger partial charge in [0.25, 0.3) is 0 Å². The van der Waals surface area contributed by atoms with Gasteiger partial charge in [0.2, 0.25) is 0 Å². The van der Waals surface area contributed by atoms with Crippen LogP contribution in [0.25, 0.3) is 0 Å². The lowest BCUT2D eigenvalue weighted by atomic mass is 10.0. The molecule has 1 N–H and O–H groups in total. The van der Waals surface area contributed by atoms with Crippen LogP contribution in [-0.2, 0) is 0 Å². The summed E-state index contributed by atoms with van der Waals surface area (Å²) in [5.74, 6) is 1.89. The summed E-state index contributed by atoms with van der Waals surface area (Å²) < 4.78 is 0. The first-order valence-electron chi connectivity index (χ1n) is 5.93. The highest BCUT2D eigenvalue weighted by Crippen LogP contribution is 2.26. The van der Waals surface area contributed by atoms with E-state index in [-0.39, 0.29) is 0 Å². The SMILES string of the molecule is CSCCC(C)NC(c1cccs1)C(C)C. The predicted octanol–water partition coefficient (Wildman–Crippen LogP) is 4.18. The fourth-order valence-electron chi connectivity index (χ4n) is 1.76. The molecule has 0 aliphatic rings. The molecule has 0 radical (unpaired) electrons. The molecule has 2 atom stereocenters. The van der Waals surface area contributed by atoms with Crippen molar-refractivity contribution in [2.75, 3.05) is 12.0 Å². The molecule has 1 heterocycles. The van der Waals surface area contributed by atoms with Gasteiger partial charge in [-0.3, -0.25) is 0 Å². The molecule has 1 rings (SSSR count). The minimum atomic E-state index is 0.511. The minimum absolute atomic E-state index is 0.511. The van der Waals surface area contributed by atoms with Crippen LogP contribution in [-0.4, -0.2) is 18.1 Å². The third kappa shape index (κ3) is 4.48. The molecule has 1 aromatic heterocycles. The Morgan fingerprint density at radius 3 is 2.62 bits per heavy atom. The molecule has 0 bridgehead atoms. The molecule has 0 aromatic carbocycles. The fourth-order valence-corrected chi connectivity index (χ4v) is 3.30. The van der Waals surface area contributed by atoms with Gasteiger partial charge in [-0.05, 0) is 42.7 Å². The second-order valence-electron chi connectivity index (χ2n) is 4.59. The Morgan fingerprint density at radius 2 is 2.12 bits per heavy atom. The molecule has 92 valence electrons. The van der Waals surface area contributed by atoms with E-state index in [1.165, 1.54) is 17.1 Å². The van der Waals surface area contributed by atoms with E-state index in [1.807, 2.05) is 23.1 Å². The van der Waals surface area contributed by atoms with Crippen molar-refractivity contribution >= 4 is 23.1 Å². The van der Waals surface area contributed by atoms with E-state index < -0.39 is 0 Å². The number of thioether (sulfide) groups is 1. The first kappa shape index (κ1) is 14.1. The number of rotatable bonds is 7. The molecule has 0 saturated heterocycles. The van der Waals surface area contributed by atoms with Crippen molar-refractivity contribution in [1.29, 1.82) is 0 Å². The lowest BCUT2D eigenvalue weighted by Crippen LogP contribution is -2.33. The van der Waals surface area contributed by atoms with Crippen LogP contribution in [0, 0.1) is 5.92 Å². The first-order valence-corrected chi connectivity index (χ1v) is 8.21. The van der Waals surface area contributed by atoms with Gasteiger partial charge in [-0.1, -0.05) is 19.9 Å². The standard InChI is InChI=1S/C13H23NS2/c1-10(2)13(12-6-5-8-16-12)14-11(3)7-9-15-4/h5-6,8,10-11,13-14H,7,9H2,1-4H3. The largest absolute Gasteiger partial charge is 0.306 e. The Bertz CT molecular complexity index is 269. The number of hydrogen-bond donors (Lipinski definition) is 1. The van der Waals surface area contributed by atoms with E-state index in [0.717, 1.165) is 0 Å². The Kier molecular flexibility index (Phi) is 6.47. The van der Waals surface area contributed by atoms with Gasteiger partial charge in [-0.15, -0.1) is 11.3 Å². The van der Waals surface area contributed by atoms with Crippen molar-refractivity contribution in [1.82, 2.24) is 5.32 Å². The summed E-state index contributed by atoms with van der Waals surface area (Å²) in [6.07, 6.45) is 3.42. The number of nitrogens with one attached hydrogen (secondary N) is 1. The van der Waals surface area contributed by atoms with Crippen LogP contribution in [0.3, 0.4) is 0 Å². The highest BCUT2D eigenvalue weighted by Gasteiger charge is 2.18. The molecule has 0 amide bonds. The van der Waals surface area contributed by atoms with E-state index in [1.54, 1.807) is 0 Å². The second kappa shape index (κ2) is 7.36. The van der Waals surface area contributed by atoms with Crippen molar-refractivity contribution in [2.45, 2.75) is 39.3 Å². The fraction of sp³-hybridized carbons (Fsp3) is 0.692. The average Bonchev–Trinajstić information content (AvgIpc) is 2.75. The molecule has 2 unspecified atom stereocenters. The van der Waals surface area contributed by atoms with Crippen LogP contribution < -0.4 is 5.32 Å². The van der Waals surface area contributed by atoms with Gasteiger partial charge in [0.1, 0.15) is 0 Å². The van der Waals surface area contributed by atoms with Gasteiger partial charge < -0.3 is 5.32 Å². The zero-order valence-electron chi connectivity index (χ0n) is 10.7. The summed E-state index contributed by atoms with van der Waals surface area (Å²) >= 11 is 3.78. The molecule has 0 saturated carbocycles. The Hall–Kier alpha value is 0.01000. The predicted molar refractivity (Wildman–Crippen MR) is 77.5 cm³/mol. The molecular weight excluding hydrogens is 234 g/mol. The monoisotopic (exact) mass is 257 g/mol. The summed E-state index contributed by atoms with van der Waals surface area (Å²) in [4.78, 5) is 1.46. The van der Waals surface area contributed by atoms with E-state index >= 15 is 0 Å². The Morgan fingerprint density at radius 1 is 1.38 bits per heavy atom. The maximum Gasteiger partial charge on any atom is 0.0440 e. The molecule has 0 aliphatic heterocycles. The molecule has 0 spiro atoms. The summed E-state index contributed by atoms with van der Waals surface area (Å²) in [6.45, 7) is 6.87. The first-order chi connectivity index (χ1) is 7.65. The topological polar surface area (TPSA) is 12.0 Å².